The van der Waals surface area contributed by atoms with Crippen molar-refractivity contribution in [2.45, 2.75) is 26.8 Å². The summed E-state index contributed by atoms with van der Waals surface area (Å²) >= 11 is 5.90. The first-order valence-electron chi connectivity index (χ1n) is 7.05. The molecule has 0 aliphatic rings. The van der Waals surface area contributed by atoms with Gasteiger partial charge in [-0.15, -0.1) is 5.10 Å². The maximum atomic E-state index is 9.07. The number of nitrogens with zero attached hydrogens (tertiary/aromatic N) is 3. The van der Waals surface area contributed by atoms with E-state index in [1.165, 1.54) is 0 Å². The maximum absolute atomic E-state index is 9.07. The van der Waals surface area contributed by atoms with Gasteiger partial charge in [-0.25, -0.2) is 4.68 Å². The lowest BCUT2D eigenvalue weighted by atomic mass is 10.1. The quantitative estimate of drug-likeness (QED) is 0.860. The first-order valence-corrected chi connectivity index (χ1v) is 7.43. The third-order valence-corrected chi connectivity index (χ3v) is 3.75. The molecule has 0 saturated carbocycles. The van der Waals surface area contributed by atoms with Crippen LogP contribution in [0, 0.1) is 12.8 Å². The lowest BCUT2D eigenvalue weighted by Crippen LogP contribution is -2.26. The molecule has 1 heterocycles. The summed E-state index contributed by atoms with van der Waals surface area (Å²) in [5.74, 6) is 0.221. The van der Waals surface area contributed by atoms with Crippen LogP contribution in [-0.2, 0) is 0 Å². The van der Waals surface area contributed by atoms with Crippen molar-refractivity contribution in [1.82, 2.24) is 20.3 Å². The van der Waals surface area contributed by atoms with E-state index in [1.54, 1.807) is 4.68 Å². The molecule has 1 aromatic heterocycles. The van der Waals surface area contributed by atoms with Crippen molar-refractivity contribution in [3.63, 3.8) is 0 Å². The maximum Gasteiger partial charge on any atom is 0.103 e. The van der Waals surface area contributed by atoms with Crippen molar-refractivity contribution in [1.29, 1.82) is 0 Å². The molecule has 0 aliphatic heterocycles. The number of benzene rings is 1. The molecule has 114 valence electrons. The van der Waals surface area contributed by atoms with Gasteiger partial charge < -0.3 is 10.4 Å². The molecule has 2 rings (SSSR count). The molecule has 0 aliphatic carbocycles. The second-order valence-electron chi connectivity index (χ2n) is 5.37. The van der Waals surface area contributed by atoms with Gasteiger partial charge in [0.05, 0.1) is 17.4 Å². The van der Waals surface area contributed by atoms with E-state index in [9.17, 15) is 0 Å². The van der Waals surface area contributed by atoms with Gasteiger partial charge in [0, 0.05) is 18.2 Å². The summed E-state index contributed by atoms with van der Waals surface area (Å²) < 4.78 is 1.80. The molecular weight excluding hydrogens is 288 g/mol. The molecule has 0 radical (unpaired) electrons. The molecule has 0 spiro atoms. The molecule has 21 heavy (non-hydrogen) atoms. The summed E-state index contributed by atoms with van der Waals surface area (Å²) in [5, 5.41) is 21.6. The van der Waals surface area contributed by atoms with Gasteiger partial charge in [0.25, 0.3) is 0 Å². The number of rotatable bonds is 6. The van der Waals surface area contributed by atoms with Crippen molar-refractivity contribution < 1.29 is 5.11 Å². The minimum atomic E-state index is 0.0834. The lowest BCUT2D eigenvalue weighted by molar-refractivity contribution is 0.230. The zero-order valence-corrected chi connectivity index (χ0v) is 13.3. The van der Waals surface area contributed by atoms with Crippen molar-refractivity contribution in [3.8, 4) is 5.69 Å². The summed E-state index contributed by atoms with van der Waals surface area (Å²) in [5.41, 5.74) is 2.84. The topological polar surface area (TPSA) is 63.0 Å². The Morgan fingerprint density at radius 1 is 1.29 bits per heavy atom. The standard InChI is InChI=1S/C15H21ClN4O/c1-10(9-21)8-17-11(2)15-12(3)20(19-18-15)14-6-4-13(16)5-7-14/h4-7,10-11,17,21H,8-9H2,1-3H3. The molecule has 1 aromatic carbocycles. The van der Waals surface area contributed by atoms with Crippen LogP contribution in [0.15, 0.2) is 24.3 Å². The Morgan fingerprint density at radius 3 is 2.57 bits per heavy atom. The summed E-state index contributed by atoms with van der Waals surface area (Å²) in [6.07, 6.45) is 0. The van der Waals surface area contributed by atoms with Crippen molar-refractivity contribution in [2.75, 3.05) is 13.2 Å². The van der Waals surface area contributed by atoms with Crippen molar-refractivity contribution in [2.24, 2.45) is 5.92 Å². The predicted molar refractivity (Wildman–Crippen MR) is 83.8 cm³/mol. The molecule has 5 nitrogen and oxygen atoms in total. The Labute approximate surface area is 129 Å². The second-order valence-corrected chi connectivity index (χ2v) is 5.80. The van der Waals surface area contributed by atoms with Crippen LogP contribution in [0.3, 0.4) is 0 Å². The van der Waals surface area contributed by atoms with E-state index in [0.717, 1.165) is 23.6 Å². The zero-order valence-electron chi connectivity index (χ0n) is 12.5. The fourth-order valence-corrected chi connectivity index (χ4v) is 2.23. The van der Waals surface area contributed by atoms with Gasteiger partial charge in [0.1, 0.15) is 5.69 Å². The van der Waals surface area contributed by atoms with E-state index in [1.807, 2.05) is 45.0 Å². The van der Waals surface area contributed by atoms with Crippen LogP contribution in [0.5, 0.6) is 0 Å². The summed E-state index contributed by atoms with van der Waals surface area (Å²) in [6, 6.07) is 7.59. The number of aliphatic hydroxyl groups is 1. The summed E-state index contributed by atoms with van der Waals surface area (Å²) in [4.78, 5) is 0. The van der Waals surface area contributed by atoms with Gasteiger partial charge in [-0.05, 0) is 44.0 Å². The molecule has 6 heteroatoms. The number of hydrogen-bond donors (Lipinski definition) is 2. The average molecular weight is 309 g/mol. The number of aromatic nitrogens is 3. The van der Waals surface area contributed by atoms with Crippen LogP contribution in [0.2, 0.25) is 5.02 Å². The minimum Gasteiger partial charge on any atom is -0.396 e. The Hall–Kier alpha value is -1.43. The monoisotopic (exact) mass is 308 g/mol. The largest absolute Gasteiger partial charge is 0.396 e. The van der Waals surface area contributed by atoms with Crippen LogP contribution in [-0.4, -0.2) is 33.3 Å². The van der Waals surface area contributed by atoms with Crippen LogP contribution < -0.4 is 5.32 Å². The van der Waals surface area contributed by atoms with E-state index < -0.39 is 0 Å². The number of hydrogen-bond acceptors (Lipinski definition) is 4. The second kappa shape index (κ2) is 7.02. The molecule has 0 amide bonds. The Bertz CT molecular complexity index is 582. The van der Waals surface area contributed by atoms with Crippen LogP contribution in [0.1, 0.15) is 31.3 Å². The van der Waals surface area contributed by atoms with Crippen LogP contribution >= 0.6 is 11.6 Å². The molecule has 0 saturated heterocycles. The van der Waals surface area contributed by atoms with Gasteiger partial charge in [0.15, 0.2) is 0 Å². The van der Waals surface area contributed by atoms with E-state index >= 15 is 0 Å². The van der Waals surface area contributed by atoms with E-state index in [4.69, 9.17) is 16.7 Å². The van der Waals surface area contributed by atoms with E-state index in [-0.39, 0.29) is 18.6 Å². The van der Waals surface area contributed by atoms with E-state index in [0.29, 0.717) is 5.02 Å². The molecule has 2 atom stereocenters. The number of nitrogens with one attached hydrogen (secondary N) is 1. The third-order valence-electron chi connectivity index (χ3n) is 3.50. The molecule has 2 unspecified atom stereocenters. The highest BCUT2D eigenvalue weighted by Gasteiger charge is 2.16. The third kappa shape index (κ3) is 3.81. The molecular formula is C15H21ClN4O. The fraction of sp³-hybridized carbons (Fsp3) is 0.467. The highest BCUT2D eigenvalue weighted by Crippen LogP contribution is 2.19. The average Bonchev–Trinajstić information content (AvgIpc) is 2.87. The summed E-state index contributed by atoms with van der Waals surface area (Å²) in [6.45, 7) is 6.96. The molecule has 0 fully saturated rings. The van der Waals surface area contributed by atoms with Gasteiger partial charge >= 0.3 is 0 Å². The first-order chi connectivity index (χ1) is 10.0. The fourth-order valence-electron chi connectivity index (χ4n) is 2.11. The Morgan fingerprint density at radius 2 is 1.95 bits per heavy atom. The normalized spacial score (nSPS) is 14.1. The SMILES string of the molecule is Cc1c(C(C)NCC(C)CO)nnn1-c1ccc(Cl)cc1. The van der Waals surface area contributed by atoms with Gasteiger partial charge in [-0.2, -0.15) is 0 Å². The van der Waals surface area contributed by atoms with Crippen molar-refractivity contribution in [3.05, 3.63) is 40.7 Å². The summed E-state index contributed by atoms with van der Waals surface area (Å²) in [7, 11) is 0. The Kier molecular flexibility index (Phi) is 5.33. The van der Waals surface area contributed by atoms with Gasteiger partial charge in [-0.3, -0.25) is 0 Å². The smallest absolute Gasteiger partial charge is 0.103 e. The van der Waals surface area contributed by atoms with Gasteiger partial charge in [-0.1, -0.05) is 23.7 Å². The van der Waals surface area contributed by atoms with Crippen LogP contribution in [0.25, 0.3) is 5.69 Å². The molecule has 2 aromatic rings. The number of halogens is 1. The van der Waals surface area contributed by atoms with Crippen molar-refractivity contribution >= 4 is 11.6 Å². The van der Waals surface area contributed by atoms with Crippen LogP contribution in [0.4, 0.5) is 0 Å². The highest BCUT2D eigenvalue weighted by molar-refractivity contribution is 6.30. The molecule has 0 bridgehead atoms. The first kappa shape index (κ1) is 15.9. The minimum absolute atomic E-state index is 0.0834. The van der Waals surface area contributed by atoms with Gasteiger partial charge in [0.2, 0.25) is 0 Å². The lowest BCUT2D eigenvalue weighted by Gasteiger charge is -2.15. The highest BCUT2D eigenvalue weighted by atomic mass is 35.5. The molecule has 2 N–H and O–H groups in total. The van der Waals surface area contributed by atoms with E-state index in [2.05, 4.69) is 15.6 Å². The predicted octanol–water partition coefficient (Wildman–Crippen LogP) is 2.51. The Balaban J connectivity index is 2.14. The number of aliphatic hydroxyl groups excluding tert-OH is 1. The zero-order chi connectivity index (χ0) is 15.4.